The molecule has 116 valence electrons. The third-order valence-corrected chi connectivity index (χ3v) is 3.86. The number of likely N-dealkylation sites (N-methyl/N-ethyl adjacent to an activating group) is 1. The number of amides is 1. The van der Waals surface area contributed by atoms with Crippen molar-refractivity contribution in [2.45, 2.75) is 19.0 Å². The predicted octanol–water partition coefficient (Wildman–Crippen LogP) is 3.82. The summed E-state index contributed by atoms with van der Waals surface area (Å²) >= 11 is 5.93. The Morgan fingerprint density at radius 2 is 1.59 bits per heavy atom. The second kappa shape index (κ2) is 7.43. The van der Waals surface area contributed by atoms with Crippen LogP contribution in [-0.4, -0.2) is 24.9 Å². The highest BCUT2D eigenvalue weighted by molar-refractivity contribution is 6.30. The Morgan fingerprint density at radius 3 is 2.14 bits per heavy atom. The Hall–Kier alpha value is -1.84. The highest BCUT2D eigenvalue weighted by Gasteiger charge is 2.24. The summed E-state index contributed by atoms with van der Waals surface area (Å²) in [5.74, 6) is 0.0343. The third-order valence-electron chi connectivity index (χ3n) is 3.61. The molecule has 1 amide bonds. The van der Waals surface area contributed by atoms with E-state index in [4.69, 9.17) is 11.6 Å². The molecular formula is C18H21ClN2O. The molecule has 0 spiro atoms. The molecule has 0 aliphatic rings. The molecule has 0 heterocycles. The van der Waals surface area contributed by atoms with Gasteiger partial charge in [-0.2, -0.15) is 0 Å². The second-order valence-electron chi connectivity index (χ2n) is 5.52. The molecular weight excluding hydrogens is 296 g/mol. The summed E-state index contributed by atoms with van der Waals surface area (Å²) in [6, 6.07) is 17.1. The molecule has 0 aliphatic carbocycles. The fourth-order valence-corrected chi connectivity index (χ4v) is 2.44. The first kappa shape index (κ1) is 16.5. The van der Waals surface area contributed by atoms with Crippen molar-refractivity contribution in [3.8, 4) is 0 Å². The number of nitrogens with one attached hydrogen (secondary N) is 1. The van der Waals surface area contributed by atoms with Crippen LogP contribution in [0.5, 0.6) is 0 Å². The molecule has 4 heteroatoms. The quantitative estimate of drug-likeness (QED) is 0.909. The molecule has 3 nitrogen and oxygen atoms in total. The lowest BCUT2D eigenvalue weighted by atomic mass is 10.0. The van der Waals surface area contributed by atoms with Gasteiger partial charge in [0.15, 0.2) is 0 Å². The third kappa shape index (κ3) is 4.09. The highest BCUT2D eigenvalue weighted by atomic mass is 35.5. The van der Waals surface area contributed by atoms with Gasteiger partial charge in [-0.15, -0.1) is 0 Å². The summed E-state index contributed by atoms with van der Waals surface area (Å²) in [6.07, 6.45) is 0. The Kier molecular flexibility index (Phi) is 5.58. The molecule has 0 aliphatic heterocycles. The molecule has 1 N–H and O–H groups in total. The highest BCUT2D eigenvalue weighted by Crippen LogP contribution is 2.22. The minimum Gasteiger partial charge on any atom is -0.347 e. The van der Waals surface area contributed by atoms with E-state index in [1.54, 1.807) is 19.0 Å². The summed E-state index contributed by atoms with van der Waals surface area (Å²) in [5, 5.41) is 4.12. The summed E-state index contributed by atoms with van der Waals surface area (Å²) in [7, 11) is 3.54. The minimum absolute atomic E-state index is 0.0337. The van der Waals surface area contributed by atoms with E-state index in [0.717, 1.165) is 11.1 Å². The number of benzene rings is 2. The maximum atomic E-state index is 12.5. The standard InChI is InChI=1S/C18H21ClN2O/c1-13(14-9-11-16(19)12-10-14)20-17(18(22)21(2)3)15-7-5-4-6-8-15/h4-13,17,20H,1-3H3/t13-,17-/m0/s1. The van der Waals surface area contributed by atoms with Crippen LogP contribution >= 0.6 is 11.6 Å². The van der Waals surface area contributed by atoms with E-state index in [2.05, 4.69) is 5.32 Å². The van der Waals surface area contributed by atoms with Crippen LogP contribution < -0.4 is 5.32 Å². The van der Waals surface area contributed by atoms with Crippen molar-refractivity contribution in [3.63, 3.8) is 0 Å². The zero-order chi connectivity index (χ0) is 16.1. The van der Waals surface area contributed by atoms with E-state index >= 15 is 0 Å². The van der Waals surface area contributed by atoms with Crippen molar-refractivity contribution in [2.75, 3.05) is 14.1 Å². The molecule has 2 aromatic carbocycles. The Balaban J connectivity index is 2.23. The smallest absolute Gasteiger partial charge is 0.243 e. The van der Waals surface area contributed by atoms with Crippen molar-refractivity contribution in [1.82, 2.24) is 10.2 Å². The summed E-state index contributed by atoms with van der Waals surface area (Å²) < 4.78 is 0. The van der Waals surface area contributed by atoms with Gasteiger partial charge >= 0.3 is 0 Å². The molecule has 0 fully saturated rings. The summed E-state index contributed by atoms with van der Waals surface area (Å²) in [6.45, 7) is 2.04. The molecule has 0 radical (unpaired) electrons. The van der Waals surface area contributed by atoms with E-state index in [1.807, 2.05) is 61.5 Å². The maximum absolute atomic E-state index is 12.5. The van der Waals surface area contributed by atoms with E-state index in [9.17, 15) is 4.79 Å². The minimum atomic E-state index is -0.373. The van der Waals surface area contributed by atoms with Gasteiger partial charge in [0.1, 0.15) is 6.04 Å². The summed E-state index contributed by atoms with van der Waals surface area (Å²) in [5.41, 5.74) is 2.05. The van der Waals surface area contributed by atoms with Gasteiger partial charge < -0.3 is 4.90 Å². The van der Waals surface area contributed by atoms with Gasteiger partial charge in [-0.05, 0) is 30.2 Å². The van der Waals surface area contributed by atoms with Gasteiger partial charge in [0.2, 0.25) is 5.91 Å². The van der Waals surface area contributed by atoms with Crippen LogP contribution in [0.2, 0.25) is 5.02 Å². The Labute approximate surface area is 136 Å². The Morgan fingerprint density at radius 1 is 1.00 bits per heavy atom. The normalized spacial score (nSPS) is 13.5. The van der Waals surface area contributed by atoms with Crippen molar-refractivity contribution in [3.05, 3.63) is 70.7 Å². The lowest BCUT2D eigenvalue weighted by molar-refractivity contribution is -0.131. The maximum Gasteiger partial charge on any atom is 0.243 e. The van der Waals surface area contributed by atoms with Crippen molar-refractivity contribution in [1.29, 1.82) is 0 Å². The van der Waals surface area contributed by atoms with Crippen molar-refractivity contribution >= 4 is 17.5 Å². The second-order valence-corrected chi connectivity index (χ2v) is 5.95. The zero-order valence-corrected chi connectivity index (χ0v) is 13.8. The summed E-state index contributed by atoms with van der Waals surface area (Å²) in [4.78, 5) is 14.1. The first-order chi connectivity index (χ1) is 10.5. The van der Waals surface area contributed by atoms with Gasteiger partial charge in [-0.25, -0.2) is 0 Å². The number of hydrogen-bond donors (Lipinski definition) is 1. The van der Waals surface area contributed by atoms with Crippen LogP contribution in [0.15, 0.2) is 54.6 Å². The monoisotopic (exact) mass is 316 g/mol. The SMILES string of the molecule is C[C@H](N[C@H](C(=O)N(C)C)c1ccccc1)c1ccc(Cl)cc1. The molecule has 2 rings (SSSR count). The molecule has 0 saturated carbocycles. The lowest BCUT2D eigenvalue weighted by Crippen LogP contribution is -2.38. The molecule has 2 atom stereocenters. The number of carbonyl (C=O) groups excluding carboxylic acids is 1. The number of carbonyl (C=O) groups is 1. The van der Waals surface area contributed by atoms with Crippen LogP contribution in [0.25, 0.3) is 0 Å². The average molecular weight is 317 g/mol. The van der Waals surface area contributed by atoms with Crippen LogP contribution in [0.1, 0.15) is 30.1 Å². The molecule has 0 aromatic heterocycles. The van der Waals surface area contributed by atoms with Gasteiger partial charge in [0.25, 0.3) is 0 Å². The average Bonchev–Trinajstić information content (AvgIpc) is 2.53. The fraction of sp³-hybridized carbons (Fsp3) is 0.278. The lowest BCUT2D eigenvalue weighted by Gasteiger charge is -2.26. The van der Waals surface area contributed by atoms with Gasteiger partial charge in [0.05, 0.1) is 0 Å². The van der Waals surface area contributed by atoms with Crippen molar-refractivity contribution in [2.24, 2.45) is 0 Å². The van der Waals surface area contributed by atoms with Crippen LogP contribution in [-0.2, 0) is 4.79 Å². The number of hydrogen-bond acceptors (Lipinski definition) is 2. The number of nitrogens with zero attached hydrogens (tertiary/aromatic N) is 1. The van der Waals surface area contributed by atoms with E-state index < -0.39 is 0 Å². The molecule has 22 heavy (non-hydrogen) atoms. The van der Waals surface area contributed by atoms with Gasteiger partial charge in [0, 0.05) is 25.2 Å². The van der Waals surface area contributed by atoms with E-state index in [0.29, 0.717) is 5.02 Å². The van der Waals surface area contributed by atoms with Crippen LogP contribution in [0.4, 0.5) is 0 Å². The first-order valence-electron chi connectivity index (χ1n) is 7.26. The topological polar surface area (TPSA) is 32.3 Å². The predicted molar refractivity (Wildman–Crippen MR) is 90.9 cm³/mol. The van der Waals surface area contributed by atoms with Crippen LogP contribution in [0.3, 0.4) is 0 Å². The Bertz CT molecular complexity index is 611. The molecule has 0 unspecified atom stereocenters. The van der Waals surface area contributed by atoms with Gasteiger partial charge in [-0.3, -0.25) is 10.1 Å². The fourth-order valence-electron chi connectivity index (χ4n) is 2.31. The number of halogens is 1. The van der Waals surface area contributed by atoms with Crippen LogP contribution in [0, 0.1) is 0 Å². The van der Waals surface area contributed by atoms with Gasteiger partial charge in [-0.1, -0.05) is 54.1 Å². The molecule has 0 bridgehead atoms. The van der Waals surface area contributed by atoms with E-state index in [1.165, 1.54) is 0 Å². The van der Waals surface area contributed by atoms with E-state index in [-0.39, 0.29) is 18.0 Å². The largest absolute Gasteiger partial charge is 0.347 e. The van der Waals surface area contributed by atoms with Crippen molar-refractivity contribution < 1.29 is 4.79 Å². The first-order valence-corrected chi connectivity index (χ1v) is 7.64. The zero-order valence-electron chi connectivity index (χ0n) is 13.1. The molecule has 0 saturated heterocycles. The molecule has 2 aromatic rings. The number of rotatable bonds is 5.